The lowest BCUT2D eigenvalue weighted by molar-refractivity contribution is -0.0259. The maximum Gasteiger partial charge on any atom is 0.340 e. The quantitative estimate of drug-likeness (QED) is 0.117. The smallest absolute Gasteiger partial charge is 0.340 e. The number of methoxy groups -OCH3 is 1. The molecule has 0 saturated carbocycles. The number of benzene rings is 3. The molecule has 0 spiro atoms. The number of carbonyl (C=O) groups excluding carboxylic acids is 2. The second-order valence-corrected chi connectivity index (χ2v) is 9.46. The van der Waals surface area contributed by atoms with Crippen molar-refractivity contribution in [3.05, 3.63) is 88.6 Å². The molecule has 0 aliphatic heterocycles. The van der Waals surface area contributed by atoms with E-state index in [1.165, 1.54) is 11.7 Å². The average Bonchev–Trinajstić information content (AvgIpc) is 3.53. The minimum absolute atomic E-state index is 0.120. The predicted octanol–water partition coefficient (Wildman–Crippen LogP) is 5.13. The molecule has 0 aliphatic carbocycles. The summed E-state index contributed by atoms with van der Waals surface area (Å²) in [5.41, 5.74) is 4.83. The Kier molecular flexibility index (Phi) is 8.07. The van der Waals surface area contributed by atoms with E-state index in [1.54, 1.807) is 50.2 Å². The zero-order valence-electron chi connectivity index (χ0n) is 23.4. The van der Waals surface area contributed by atoms with Gasteiger partial charge in [0.1, 0.15) is 23.9 Å². The molecule has 3 aromatic carbocycles. The molecule has 0 bridgehead atoms. The Bertz CT molecular complexity index is 1720. The molecule has 5 rings (SSSR count). The number of ether oxygens (including phenoxy) is 4. The molecule has 0 atom stereocenters. The number of esters is 2. The molecule has 12 nitrogen and oxygen atoms in total. The van der Waals surface area contributed by atoms with Crippen LogP contribution in [0.1, 0.15) is 37.5 Å². The van der Waals surface area contributed by atoms with Crippen LogP contribution in [0.4, 0.5) is 5.69 Å². The maximum absolute atomic E-state index is 12.2. The van der Waals surface area contributed by atoms with E-state index in [2.05, 4.69) is 20.5 Å². The van der Waals surface area contributed by atoms with Gasteiger partial charge in [0.25, 0.3) is 0 Å². The highest BCUT2D eigenvalue weighted by Gasteiger charge is 2.17. The van der Waals surface area contributed by atoms with Crippen molar-refractivity contribution in [2.45, 2.75) is 20.8 Å². The third-order valence-corrected chi connectivity index (χ3v) is 6.45. The summed E-state index contributed by atoms with van der Waals surface area (Å²) in [7, 11) is 1.33. The van der Waals surface area contributed by atoms with E-state index in [0.29, 0.717) is 50.9 Å². The predicted molar refractivity (Wildman–Crippen MR) is 153 cm³/mol. The molecule has 3 N–H and O–H groups in total. The van der Waals surface area contributed by atoms with Crippen LogP contribution in [0.15, 0.2) is 60.7 Å². The van der Waals surface area contributed by atoms with Gasteiger partial charge in [0.15, 0.2) is 24.0 Å². The van der Waals surface area contributed by atoms with Crippen molar-refractivity contribution in [2.24, 2.45) is 0 Å². The SMILES string of the molecule is COC(=O)c1ccc(Oc2c(C)nn3nc(-c4ccc(NCOCOC(=O)c5cc(C)c(O)c(C)c5)cc4)[nH]c23)cc1. The molecule has 0 amide bonds. The lowest BCUT2D eigenvalue weighted by Crippen LogP contribution is -2.13. The summed E-state index contributed by atoms with van der Waals surface area (Å²) in [5, 5.41) is 21.9. The Morgan fingerprint density at radius 1 is 0.929 bits per heavy atom. The average molecular weight is 572 g/mol. The molecule has 0 fully saturated rings. The molecule has 0 radical (unpaired) electrons. The summed E-state index contributed by atoms with van der Waals surface area (Å²) in [6, 6.07) is 17.3. The molecular weight excluding hydrogens is 542 g/mol. The van der Waals surface area contributed by atoms with Crippen molar-refractivity contribution >= 4 is 23.3 Å². The topological polar surface area (TPSA) is 149 Å². The number of nitrogens with one attached hydrogen (secondary N) is 2. The van der Waals surface area contributed by atoms with E-state index in [4.69, 9.17) is 18.9 Å². The molecule has 216 valence electrons. The monoisotopic (exact) mass is 571 g/mol. The highest BCUT2D eigenvalue weighted by molar-refractivity contribution is 5.90. The number of phenols is 1. The molecule has 2 aromatic heterocycles. The van der Waals surface area contributed by atoms with Crippen LogP contribution in [0, 0.1) is 20.8 Å². The molecule has 12 heteroatoms. The number of aromatic nitrogens is 4. The summed E-state index contributed by atoms with van der Waals surface area (Å²) >= 11 is 0. The molecular formula is C30H29N5O7. The van der Waals surface area contributed by atoms with Crippen LogP contribution < -0.4 is 10.1 Å². The number of aromatic hydroxyl groups is 1. The minimum Gasteiger partial charge on any atom is -0.507 e. The number of H-pyrrole nitrogens is 1. The van der Waals surface area contributed by atoms with E-state index in [9.17, 15) is 14.7 Å². The minimum atomic E-state index is -0.532. The first-order valence-corrected chi connectivity index (χ1v) is 12.9. The number of aryl methyl sites for hydroxylation is 3. The third kappa shape index (κ3) is 6.03. The number of carbonyl (C=O) groups is 2. The number of nitrogens with zero attached hydrogens (tertiary/aromatic N) is 3. The zero-order chi connectivity index (χ0) is 29.8. The third-order valence-electron chi connectivity index (χ3n) is 6.45. The van der Waals surface area contributed by atoms with Gasteiger partial charge in [-0.1, -0.05) is 0 Å². The molecule has 2 heterocycles. The number of phenolic OH excluding ortho intramolecular Hbond substituents is 1. The highest BCUT2D eigenvalue weighted by atomic mass is 16.7. The molecule has 42 heavy (non-hydrogen) atoms. The van der Waals surface area contributed by atoms with Crippen LogP contribution >= 0.6 is 0 Å². The van der Waals surface area contributed by atoms with Crippen LogP contribution in [-0.2, 0) is 14.2 Å². The molecule has 0 saturated heterocycles. The Morgan fingerprint density at radius 3 is 2.29 bits per heavy atom. The fourth-order valence-electron chi connectivity index (χ4n) is 4.23. The first kappa shape index (κ1) is 28.2. The van der Waals surface area contributed by atoms with Crippen LogP contribution in [0.25, 0.3) is 17.0 Å². The largest absolute Gasteiger partial charge is 0.507 e. The molecule has 5 aromatic rings. The van der Waals surface area contributed by atoms with Crippen molar-refractivity contribution in [1.29, 1.82) is 0 Å². The summed E-state index contributed by atoms with van der Waals surface area (Å²) < 4.78 is 22.8. The number of aromatic amines is 1. The van der Waals surface area contributed by atoms with Gasteiger partial charge >= 0.3 is 11.9 Å². The van der Waals surface area contributed by atoms with E-state index >= 15 is 0 Å². The lowest BCUT2D eigenvalue weighted by atomic mass is 10.1. The fraction of sp³-hybridized carbons (Fsp3) is 0.200. The van der Waals surface area contributed by atoms with Crippen LogP contribution in [-0.4, -0.2) is 57.5 Å². The van der Waals surface area contributed by atoms with Crippen molar-refractivity contribution in [3.8, 4) is 28.6 Å². The van der Waals surface area contributed by atoms with Gasteiger partial charge in [-0.2, -0.15) is 0 Å². The Hall–Kier alpha value is -5.36. The zero-order valence-corrected chi connectivity index (χ0v) is 23.4. The van der Waals surface area contributed by atoms with Gasteiger partial charge in [-0.15, -0.1) is 14.8 Å². The van der Waals surface area contributed by atoms with Crippen molar-refractivity contribution in [2.75, 3.05) is 26.0 Å². The molecule has 0 aliphatic rings. The van der Waals surface area contributed by atoms with Gasteiger partial charge in [0, 0.05) is 11.3 Å². The Balaban J connectivity index is 1.15. The Labute approximate surface area is 240 Å². The standard InChI is InChI=1S/C30H29N5O7/c1-17-13-22(14-18(2)25(17)36)30(38)41-16-40-15-31-23-9-5-20(6-10-23)27-32-28-26(19(3)33-35(28)34-27)42-24-11-7-21(8-12-24)29(37)39-4/h5-14,31,36H,15-16H2,1-4H3,(H,32,34). The van der Waals surface area contributed by atoms with Gasteiger partial charge in [0.05, 0.1) is 18.2 Å². The molecule has 0 unspecified atom stereocenters. The number of fused-ring (bicyclic) bond motifs is 1. The number of hydrogen-bond acceptors (Lipinski definition) is 10. The second kappa shape index (κ2) is 12.0. The maximum atomic E-state index is 12.2. The van der Waals surface area contributed by atoms with Crippen LogP contribution in [0.2, 0.25) is 0 Å². The lowest BCUT2D eigenvalue weighted by Gasteiger charge is -2.10. The number of rotatable bonds is 10. The summed E-state index contributed by atoms with van der Waals surface area (Å²) in [5.74, 6) is 0.860. The first-order chi connectivity index (χ1) is 20.2. The van der Waals surface area contributed by atoms with Crippen LogP contribution in [0.3, 0.4) is 0 Å². The van der Waals surface area contributed by atoms with E-state index < -0.39 is 11.9 Å². The first-order valence-electron chi connectivity index (χ1n) is 12.9. The Morgan fingerprint density at radius 2 is 1.62 bits per heavy atom. The normalized spacial score (nSPS) is 11.0. The van der Waals surface area contributed by atoms with Crippen LogP contribution in [0.5, 0.6) is 17.2 Å². The number of hydrogen-bond donors (Lipinski definition) is 3. The van der Waals surface area contributed by atoms with Gasteiger partial charge in [-0.3, -0.25) is 0 Å². The van der Waals surface area contributed by atoms with E-state index in [-0.39, 0.29) is 19.3 Å². The number of anilines is 1. The van der Waals surface area contributed by atoms with Gasteiger partial charge < -0.3 is 34.4 Å². The van der Waals surface area contributed by atoms with Gasteiger partial charge in [0.2, 0.25) is 0 Å². The van der Waals surface area contributed by atoms with Crippen molar-refractivity contribution in [3.63, 3.8) is 0 Å². The second-order valence-electron chi connectivity index (χ2n) is 9.46. The summed E-state index contributed by atoms with van der Waals surface area (Å²) in [6.45, 7) is 5.15. The highest BCUT2D eigenvalue weighted by Crippen LogP contribution is 2.30. The fourth-order valence-corrected chi connectivity index (χ4v) is 4.23. The summed E-state index contributed by atoms with van der Waals surface area (Å²) in [6.07, 6.45) is 0. The van der Waals surface area contributed by atoms with E-state index in [1.807, 2.05) is 31.2 Å². The van der Waals surface area contributed by atoms with E-state index in [0.717, 1.165) is 11.3 Å². The van der Waals surface area contributed by atoms with Crippen molar-refractivity contribution < 1.29 is 33.6 Å². The summed E-state index contributed by atoms with van der Waals surface area (Å²) in [4.78, 5) is 27.2. The van der Waals surface area contributed by atoms with Gasteiger partial charge in [-0.05, 0) is 92.6 Å². The van der Waals surface area contributed by atoms with Crippen molar-refractivity contribution in [1.82, 2.24) is 19.8 Å². The van der Waals surface area contributed by atoms with Gasteiger partial charge in [-0.25, -0.2) is 9.59 Å².